The van der Waals surface area contributed by atoms with Gasteiger partial charge < -0.3 is 0 Å². The van der Waals surface area contributed by atoms with E-state index in [1.807, 2.05) is 36.4 Å². The number of hydrogen-bond donors (Lipinski definition) is 0. The summed E-state index contributed by atoms with van der Waals surface area (Å²) >= 11 is 3.35. The number of thiazole rings is 1. The van der Waals surface area contributed by atoms with Crippen LogP contribution in [0.1, 0.15) is 55.1 Å². The standard InChI is InChI=1S/C26H27N3OS2/c1-17(2)22-8-5-9-23-24(22)28-26(32-23)29(16-19-7-6-14-27-15-19)25(30)20-10-12-21(13-11-20)31-18(3)4/h5-15,17-18H,16H2,1-4H3. The van der Waals surface area contributed by atoms with E-state index >= 15 is 0 Å². The summed E-state index contributed by atoms with van der Waals surface area (Å²) in [7, 11) is 0. The van der Waals surface area contributed by atoms with Crippen LogP contribution < -0.4 is 4.90 Å². The van der Waals surface area contributed by atoms with Crippen LogP contribution in [0.4, 0.5) is 5.13 Å². The van der Waals surface area contributed by atoms with Crippen molar-refractivity contribution >= 4 is 44.4 Å². The molecular formula is C26H27N3OS2. The van der Waals surface area contributed by atoms with Crippen LogP contribution in [-0.4, -0.2) is 21.1 Å². The molecule has 0 bridgehead atoms. The van der Waals surface area contributed by atoms with Gasteiger partial charge in [-0.05, 0) is 53.4 Å². The van der Waals surface area contributed by atoms with Crippen LogP contribution in [-0.2, 0) is 6.54 Å². The molecule has 0 radical (unpaired) electrons. The second-order valence-corrected chi connectivity index (χ2v) is 10.9. The number of anilines is 1. The van der Waals surface area contributed by atoms with Crippen LogP contribution in [0.15, 0.2) is 71.9 Å². The number of benzene rings is 2. The Balaban J connectivity index is 1.73. The minimum absolute atomic E-state index is 0.0555. The van der Waals surface area contributed by atoms with Gasteiger partial charge in [0.1, 0.15) is 0 Å². The highest BCUT2D eigenvalue weighted by Crippen LogP contribution is 2.35. The highest BCUT2D eigenvalue weighted by molar-refractivity contribution is 7.99. The van der Waals surface area contributed by atoms with E-state index < -0.39 is 0 Å². The number of fused-ring (bicyclic) bond motifs is 1. The van der Waals surface area contributed by atoms with Gasteiger partial charge in [-0.2, -0.15) is 0 Å². The van der Waals surface area contributed by atoms with Crippen LogP contribution in [0.3, 0.4) is 0 Å². The third-order valence-electron chi connectivity index (χ3n) is 5.07. The average Bonchev–Trinajstić information content (AvgIpc) is 3.21. The summed E-state index contributed by atoms with van der Waals surface area (Å²) in [4.78, 5) is 25.7. The minimum Gasteiger partial charge on any atom is -0.279 e. The molecular weight excluding hydrogens is 434 g/mol. The van der Waals surface area contributed by atoms with Gasteiger partial charge in [-0.15, -0.1) is 11.8 Å². The Morgan fingerprint density at radius 2 is 1.81 bits per heavy atom. The molecule has 164 valence electrons. The second kappa shape index (κ2) is 9.84. The van der Waals surface area contributed by atoms with Gasteiger partial charge in [-0.25, -0.2) is 4.98 Å². The van der Waals surface area contributed by atoms with Gasteiger partial charge in [0.15, 0.2) is 5.13 Å². The Hall–Kier alpha value is -2.70. The summed E-state index contributed by atoms with van der Waals surface area (Å²) in [6.45, 7) is 9.09. The normalized spacial score (nSPS) is 11.4. The van der Waals surface area contributed by atoms with Gasteiger partial charge in [-0.1, -0.05) is 57.2 Å². The highest BCUT2D eigenvalue weighted by atomic mass is 32.2. The molecule has 0 spiro atoms. The first-order chi connectivity index (χ1) is 15.4. The lowest BCUT2D eigenvalue weighted by Gasteiger charge is -2.20. The molecule has 4 aromatic rings. The molecule has 2 aromatic heterocycles. The number of hydrogen-bond acceptors (Lipinski definition) is 5. The molecule has 4 rings (SSSR count). The van der Waals surface area contributed by atoms with Crippen LogP contribution in [0.2, 0.25) is 0 Å². The van der Waals surface area contributed by atoms with E-state index in [0.29, 0.717) is 28.4 Å². The Morgan fingerprint density at radius 1 is 1.03 bits per heavy atom. The van der Waals surface area contributed by atoms with Crippen LogP contribution >= 0.6 is 23.1 Å². The van der Waals surface area contributed by atoms with Gasteiger partial charge >= 0.3 is 0 Å². The molecule has 0 fully saturated rings. The predicted molar refractivity (Wildman–Crippen MR) is 136 cm³/mol. The van der Waals surface area contributed by atoms with E-state index in [1.165, 1.54) is 5.56 Å². The maximum atomic E-state index is 13.6. The van der Waals surface area contributed by atoms with Crippen molar-refractivity contribution in [3.05, 3.63) is 83.7 Å². The van der Waals surface area contributed by atoms with Gasteiger partial charge in [0.25, 0.3) is 5.91 Å². The fourth-order valence-corrected chi connectivity index (χ4v) is 5.38. The van der Waals surface area contributed by atoms with E-state index in [0.717, 1.165) is 20.7 Å². The molecule has 32 heavy (non-hydrogen) atoms. The summed E-state index contributed by atoms with van der Waals surface area (Å²) in [5.74, 6) is 0.308. The van der Waals surface area contributed by atoms with Gasteiger partial charge in [0, 0.05) is 28.1 Å². The lowest BCUT2D eigenvalue weighted by Crippen LogP contribution is -2.30. The maximum absolute atomic E-state index is 13.6. The largest absolute Gasteiger partial charge is 0.279 e. The summed E-state index contributed by atoms with van der Waals surface area (Å²) in [5.41, 5.74) is 3.81. The summed E-state index contributed by atoms with van der Waals surface area (Å²) in [5, 5.41) is 1.21. The molecule has 0 N–H and O–H groups in total. The number of carbonyl (C=O) groups is 1. The molecule has 0 saturated heterocycles. The van der Waals surface area contributed by atoms with Gasteiger partial charge in [0.05, 0.1) is 16.8 Å². The van der Waals surface area contributed by atoms with Crippen molar-refractivity contribution in [1.82, 2.24) is 9.97 Å². The first kappa shape index (κ1) is 22.5. The van der Waals surface area contributed by atoms with Gasteiger partial charge in [-0.3, -0.25) is 14.7 Å². The lowest BCUT2D eigenvalue weighted by atomic mass is 10.0. The molecule has 0 aliphatic rings. The van der Waals surface area contributed by atoms with Crippen LogP contribution in [0.25, 0.3) is 10.2 Å². The molecule has 0 aliphatic heterocycles. The fraction of sp³-hybridized carbons (Fsp3) is 0.269. The number of rotatable bonds is 7. The summed E-state index contributed by atoms with van der Waals surface area (Å²) in [6, 6.07) is 18.0. The Bertz CT molecular complexity index is 1200. The third kappa shape index (κ3) is 5.03. The molecule has 4 nitrogen and oxygen atoms in total. The predicted octanol–water partition coefficient (Wildman–Crippen LogP) is 7.16. The number of para-hydroxylation sites is 1. The number of amides is 1. The quantitative estimate of drug-likeness (QED) is 0.274. The number of nitrogens with zero attached hydrogens (tertiary/aromatic N) is 3. The number of aromatic nitrogens is 2. The highest BCUT2D eigenvalue weighted by Gasteiger charge is 2.23. The SMILES string of the molecule is CC(C)Sc1ccc(C(=O)N(Cc2cccnc2)c2nc3c(C(C)C)cccc3s2)cc1. The molecule has 2 heterocycles. The smallest absolute Gasteiger partial charge is 0.260 e. The Labute approximate surface area is 197 Å². The van der Waals surface area contributed by atoms with Crippen LogP contribution in [0, 0.1) is 0 Å². The van der Waals surface area contributed by atoms with Crippen molar-refractivity contribution in [1.29, 1.82) is 0 Å². The Morgan fingerprint density at radius 3 is 2.47 bits per heavy atom. The second-order valence-electron chi connectivity index (χ2n) is 8.29. The zero-order valence-corrected chi connectivity index (χ0v) is 20.4. The Kier molecular flexibility index (Phi) is 6.92. The molecule has 0 unspecified atom stereocenters. The number of pyridine rings is 1. The van der Waals surface area contributed by atoms with Crippen LogP contribution in [0.5, 0.6) is 0 Å². The lowest BCUT2D eigenvalue weighted by molar-refractivity contribution is 0.0985. The monoisotopic (exact) mass is 461 g/mol. The first-order valence-electron chi connectivity index (χ1n) is 10.8. The van der Waals surface area contributed by atoms with Crippen molar-refractivity contribution < 1.29 is 4.79 Å². The molecule has 1 amide bonds. The van der Waals surface area contributed by atoms with E-state index in [1.54, 1.807) is 40.4 Å². The third-order valence-corrected chi connectivity index (χ3v) is 7.13. The van der Waals surface area contributed by atoms with E-state index in [2.05, 4.69) is 50.9 Å². The zero-order chi connectivity index (χ0) is 22.7. The van der Waals surface area contributed by atoms with E-state index in [-0.39, 0.29) is 5.91 Å². The fourth-order valence-electron chi connectivity index (χ4n) is 3.54. The van der Waals surface area contributed by atoms with Crippen molar-refractivity contribution in [3.63, 3.8) is 0 Å². The van der Waals surface area contributed by atoms with Crippen molar-refractivity contribution in [2.45, 2.75) is 50.3 Å². The number of carbonyl (C=O) groups excluding carboxylic acids is 1. The van der Waals surface area contributed by atoms with Crippen molar-refractivity contribution in [2.75, 3.05) is 4.90 Å². The van der Waals surface area contributed by atoms with Gasteiger partial charge in [0.2, 0.25) is 0 Å². The maximum Gasteiger partial charge on any atom is 0.260 e. The van der Waals surface area contributed by atoms with Crippen molar-refractivity contribution in [3.8, 4) is 0 Å². The molecule has 2 aromatic carbocycles. The molecule has 0 saturated carbocycles. The van der Waals surface area contributed by atoms with E-state index in [4.69, 9.17) is 4.98 Å². The first-order valence-corrected chi connectivity index (χ1v) is 12.5. The van der Waals surface area contributed by atoms with Crippen molar-refractivity contribution in [2.24, 2.45) is 0 Å². The molecule has 6 heteroatoms. The zero-order valence-electron chi connectivity index (χ0n) is 18.8. The topological polar surface area (TPSA) is 46.1 Å². The molecule has 0 atom stereocenters. The molecule has 0 aliphatic carbocycles. The number of thioether (sulfide) groups is 1. The minimum atomic E-state index is -0.0555. The summed E-state index contributed by atoms with van der Waals surface area (Å²) in [6.07, 6.45) is 3.54. The van der Waals surface area contributed by atoms with E-state index in [9.17, 15) is 4.79 Å². The summed E-state index contributed by atoms with van der Waals surface area (Å²) < 4.78 is 1.10. The average molecular weight is 462 g/mol.